The van der Waals surface area contributed by atoms with Gasteiger partial charge in [-0.1, -0.05) is 134 Å². The number of aliphatic carboxylic acids is 1. The molecule has 0 saturated carbocycles. The van der Waals surface area contributed by atoms with E-state index < -0.39 is 51.1 Å². The smallest absolute Gasteiger partial charge is 0.472 e. The first-order chi connectivity index (χ1) is 24.1. The summed E-state index contributed by atoms with van der Waals surface area (Å²) in [4.78, 5) is 45.7. The van der Waals surface area contributed by atoms with E-state index in [0.29, 0.717) is 12.8 Å². The third-order valence-corrected chi connectivity index (χ3v) is 9.15. The highest BCUT2D eigenvalue weighted by atomic mass is 31.2. The van der Waals surface area contributed by atoms with Crippen molar-refractivity contribution in [1.29, 1.82) is 0 Å². The van der Waals surface area contributed by atoms with Crippen molar-refractivity contribution < 1.29 is 47.5 Å². The second-order valence-corrected chi connectivity index (χ2v) is 14.5. The first kappa shape index (κ1) is 48.0. The molecule has 0 aromatic carbocycles. The highest BCUT2D eigenvalue weighted by Gasteiger charge is 2.28. The van der Waals surface area contributed by atoms with Crippen LogP contribution in [0.2, 0.25) is 0 Å². The summed E-state index contributed by atoms with van der Waals surface area (Å²) in [5.74, 6) is -2.39. The molecule has 0 aliphatic carbocycles. The largest absolute Gasteiger partial charge is 0.480 e. The average Bonchev–Trinajstić information content (AvgIpc) is 3.09. The number of carbonyl (C=O) groups is 3. The van der Waals surface area contributed by atoms with E-state index >= 15 is 0 Å². The Hall–Kier alpha value is -2.04. The number of unbranched alkanes of at least 4 members (excludes halogenated alkanes) is 18. The van der Waals surface area contributed by atoms with Crippen molar-refractivity contribution in [2.24, 2.45) is 5.73 Å². The van der Waals surface area contributed by atoms with Crippen LogP contribution in [0.4, 0.5) is 0 Å². The molecule has 3 unspecified atom stereocenters. The maximum atomic E-state index is 12.6. The fourth-order valence-electron chi connectivity index (χ4n) is 5.09. The Bertz CT molecular complexity index is 958. The number of phosphoric ester groups is 1. The molecule has 292 valence electrons. The molecule has 0 aromatic rings. The Morgan fingerprint density at radius 3 is 1.60 bits per heavy atom. The first-order valence-electron chi connectivity index (χ1n) is 19.4. The molecule has 0 amide bonds. The van der Waals surface area contributed by atoms with Crippen LogP contribution in [0.15, 0.2) is 24.3 Å². The topological polar surface area (TPSA) is 172 Å². The van der Waals surface area contributed by atoms with E-state index in [0.717, 1.165) is 64.2 Å². The molecule has 0 aromatic heterocycles. The van der Waals surface area contributed by atoms with E-state index in [4.69, 9.17) is 24.8 Å². The predicted molar refractivity (Wildman–Crippen MR) is 199 cm³/mol. The predicted octanol–water partition coefficient (Wildman–Crippen LogP) is 9.50. The minimum Gasteiger partial charge on any atom is -0.480 e. The number of allylic oxidation sites excluding steroid dienone is 4. The van der Waals surface area contributed by atoms with Crippen LogP contribution in [0, 0.1) is 0 Å². The number of rotatable bonds is 36. The third kappa shape index (κ3) is 33.1. The molecule has 4 N–H and O–H groups in total. The number of carbonyl (C=O) groups excluding carboxylic acids is 2. The Balaban J connectivity index is 4.46. The summed E-state index contributed by atoms with van der Waals surface area (Å²) in [6, 6.07) is -1.52. The molecule has 0 spiro atoms. The minimum atomic E-state index is -4.71. The second-order valence-electron chi connectivity index (χ2n) is 13.1. The summed E-state index contributed by atoms with van der Waals surface area (Å²) in [7, 11) is -4.71. The van der Waals surface area contributed by atoms with Crippen LogP contribution in [-0.2, 0) is 37.5 Å². The van der Waals surface area contributed by atoms with Crippen molar-refractivity contribution in [1.82, 2.24) is 0 Å². The lowest BCUT2D eigenvalue weighted by Gasteiger charge is -2.20. The van der Waals surface area contributed by atoms with Gasteiger partial charge < -0.3 is 25.2 Å². The van der Waals surface area contributed by atoms with Gasteiger partial charge in [0, 0.05) is 12.8 Å². The molecule has 50 heavy (non-hydrogen) atoms. The van der Waals surface area contributed by atoms with Crippen LogP contribution in [0.25, 0.3) is 0 Å². The zero-order valence-electron chi connectivity index (χ0n) is 31.2. The number of hydrogen-bond acceptors (Lipinski definition) is 9. The van der Waals surface area contributed by atoms with Gasteiger partial charge in [-0.25, -0.2) is 4.57 Å². The quantitative estimate of drug-likeness (QED) is 0.0242. The number of hydrogen-bond donors (Lipinski definition) is 3. The molecule has 11 nitrogen and oxygen atoms in total. The molecule has 0 rings (SSSR count). The fraction of sp³-hybridized carbons (Fsp3) is 0.816. The van der Waals surface area contributed by atoms with Gasteiger partial charge in [0.15, 0.2) is 6.10 Å². The van der Waals surface area contributed by atoms with Gasteiger partial charge in [0.05, 0.1) is 13.2 Å². The standard InChI is InChI=1S/C38H70NO10P/c1-3-5-7-9-11-13-15-16-17-18-20-22-24-26-28-30-37(41)49-34(32-47-50(44,45)48-33-35(39)38(42)43)31-46-36(40)29-27-25-23-21-19-14-12-10-8-6-4-2/h11,13,16-17,34-35H,3-10,12,14-15,18-33,39H2,1-2H3,(H,42,43)(H,44,45). The van der Waals surface area contributed by atoms with Crippen LogP contribution >= 0.6 is 7.82 Å². The molecular weight excluding hydrogens is 661 g/mol. The highest BCUT2D eigenvalue weighted by molar-refractivity contribution is 7.47. The van der Waals surface area contributed by atoms with Crippen LogP contribution in [0.3, 0.4) is 0 Å². The Labute approximate surface area is 302 Å². The molecule has 12 heteroatoms. The van der Waals surface area contributed by atoms with Crippen molar-refractivity contribution in [3.8, 4) is 0 Å². The zero-order valence-corrected chi connectivity index (χ0v) is 32.1. The highest BCUT2D eigenvalue weighted by Crippen LogP contribution is 2.43. The molecule has 0 aliphatic heterocycles. The lowest BCUT2D eigenvalue weighted by Crippen LogP contribution is -2.34. The Kier molecular flexibility index (Phi) is 32.7. The van der Waals surface area contributed by atoms with E-state index in [-0.39, 0.29) is 19.4 Å². The normalized spacial score (nSPS) is 14.2. The lowest BCUT2D eigenvalue weighted by atomic mass is 10.1. The summed E-state index contributed by atoms with van der Waals surface area (Å²) in [6.45, 7) is 2.74. The van der Waals surface area contributed by atoms with Crippen LogP contribution in [-0.4, -0.2) is 59.9 Å². The van der Waals surface area contributed by atoms with Gasteiger partial charge in [-0.15, -0.1) is 0 Å². The van der Waals surface area contributed by atoms with Crippen LogP contribution in [0.5, 0.6) is 0 Å². The summed E-state index contributed by atoms with van der Waals surface area (Å²) < 4.78 is 32.5. The van der Waals surface area contributed by atoms with E-state index in [1.807, 2.05) is 0 Å². The van der Waals surface area contributed by atoms with Crippen LogP contribution in [0.1, 0.15) is 168 Å². The molecule has 0 radical (unpaired) electrons. The Morgan fingerprint density at radius 2 is 1.06 bits per heavy atom. The van der Waals surface area contributed by atoms with Gasteiger partial charge in [0.25, 0.3) is 0 Å². The minimum absolute atomic E-state index is 0.147. The summed E-state index contributed by atoms with van der Waals surface area (Å²) in [5.41, 5.74) is 5.31. The molecule has 0 aliphatic rings. The third-order valence-electron chi connectivity index (χ3n) is 8.20. The summed E-state index contributed by atoms with van der Waals surface area (Å²) in [5, 5.41) is 8.85. The second kappa shape index (κ2) is 34.1. The maximum absolute atomic E-state index is 12.6. The van der Waals surface area contributed by atoms with Crippen molar-refractivity contribution in [3.05, 3.63) is 24.3 Å². The molecule has 0 bridgehead atoms. The van der Waals surface area contributed by atoms with Crippen molar-refractivity contribution in [3.63, 3.8) is 0 Å². The summed E-state index contributed by atoms with van der Waals surface area (Å²) >= 11 is 0. The van der Waals surface area contributed by atoms with Gasteiger partial charge in [0.1, 0.15) is 12.6 Å². The zero-order chi connectivity index (χ0) is 37.1. The average molecular weight is 732 g/mol. The molecule has 3 atom stereocenters. The van der Waals surface area contributed by atoms with Gasteiger partial charge in [-0.3, -0.25) is 23.4 Å². The monoisotopic (exact) mass is 731 g/mol. The van der Waals surface area contributed by atoms with Crippen LogP contribution < -0.4 is 5.73 Å². The van der Waals surface area contributed by atoms with Gasteiger partial charge >= 0.3 is 25.7 Å². The first-order valence-corrected chi connectivity index (χ1v) is 20.9. The van der Waals surface area contributed by atoms with Crippen molar-refractivity contribution in [2.75, 3.05) is 19.8 Å². The number of nitrogens with two attached hydrogens (primary N) is 1. The number of phosphoric acid groups is 1. The number of esters is 2. The SMILES string of the molecule is CCCCCC=CCC=CCCCCCCCC(=O)OC(COC(=O)CCCCCCCCCCCCC)COP(=O)(O)OCC(N)C(=O)O. The number of ether oxygens (including phenoxy) is 2. The van der Waals surface area contributed by atoms with E-state index in [9.17, 15) is 23.8 Å². The van der Waals surface area contributed by atoms with E-state index in [2.05, 4.69) is 42.7 Å². The lowest BCUT2D eigenvalue weighted by molar-refractivity contribution is -0.161. The van der Waals surface area contributed by atoms with Crippen molar-refractivity contribution >= 4 is 25.7 Å². The Morgan fingerprint density at radius 1 is 0.620 bits per heavy atom. The number of carboxylic acid groups (broad SMARTS) is 1. The fourth-order valence-corrected chi connectivity index (χ4v) is 5.87. The van der Waals surface area contributed by atoms with Gasteiger partial charge in [-0.2, -0.15) is 0 Å². The van der Waals surface area contributed by atoms with Gasteiger partial charge in [0.2, 0.25) is 0 Å². The molecule has 0 saturated heterocycles. The maximum Gasteiger partial charge on any atom is 0.472 e. The molecular formula is C38H70NO10P. The number of carboxylic acids is 1. The van der Waals surface area contributed by atoms with E-state index in [1.165, 1.54) is 64.2 Å². The summed E-state index contributed by atoms with van der Waals surface area (Å²) in [6.07, 6.45) is 32.4. The van der Waals surface area contributed by atoms with Gasteiger partial charge in [-0.05, 0) is 44.9 Å². The molecule has 0 heterocycles. The van der Waals surface area contributed by atoms with E-state index in [1.54, 1.807) is 0 Å². The van der Waals surface area contributed by atoms with Crippen molar-refractivity contribution in [2.45, 2.75) is 180 Å². The molecule has 0 fully saturated rings.